The highest BCUT2D eigenvalue weighted by Crippen LogP contribution is 2.39. The molecule has 0 aliphatic carbocycles. The smallest absolute Gasteiger partial charge is 0.254 e. The number of furan rings is 1. The molecular formula is C25H19N3O5S. The molecule has 6 rings (SSSR count). The van der Waals surface area contributed by atoms with Crippen molar-refractivity contribution in [2.45, 2.75) is 18.4 Å². The Kier molecular flexibility index (Phi) is 4.56. The predicted molar refractivity (Wildman–Crippen MR) is 125 cm³/mol. The van der Waals surface area contributed by atoms with E-state index in [1.54, 1.807) is 41.5 Å². The summed E-state index contributed by atoms with van der Waals surface area (Å²) in [7, 11) is 1.54. The van der Waals surface area contributed by atoms with E-state index < -0.39 is 17.2 Å². The summed E-state index contributed by atoms with van der Waals surface area (Å²) in [6, 6.07) is 14.7. The normalized spacial score (nSPS) is 19.7. The van der Waals surface area contributed by atoms with Crippen LogP contribution in [0.25, 0.3) is 21.7 Å². The number of methoxy groups -OCH3 is 1. The van der Waals surface area contributed by atoms with Gasteiger partial charge >= 0.3 is 0 Å². The van der Waals surface area contributed by atoms with Gasteiger partial charge in [0, 0.05) is 24.7 Å². The fraction of sp³-hybridized carbons (Fsp3) is 0.200. The lowest BCUT2D eigenvalue weighted by atomic mass is 9.82. The number of thiophene rings is 1. The maximum Gasteiger partial charge on any atom is 0.254 e. The van der Waals surface area contributed by atoms with E-state index in [0.29, 0.717) is 34.7 Å². The minimum atomic E-state index is -1.33. The van der Waals surface area contributed by atoms with Crippen molar-refractivity contribution in [3.8, 4) is 16.3 Å². The molecule has 0 radical (unpaired) electrons. The lowest BCUT2D eigenvalue weighted by Crippen LogP contribution is -2.46. The molecule has 0 saturated carbocycles. The largest absolute Gasteiger partial charge is 0.497 e. The van der Waals surface area contributed by atoms with Crippen LogP contribution in [0.1, 0.15) is 28.1 Å². The quantitative estimate of drug-likeness (QED) is 0.445. The Morgan fingerprint density at radius 2 is 2.06 bits per heavy atom. The van der Waals surface area contributed by atoms with E-state index >= 15 is 0 Å². The van der Waals surface area contributed by atoms with Crippen molar-refractivity contribution in [2.75, 3.05) is 13.7 Å². The highest BCUT2D eigenvalue weighted by molar-refractivity contribution is 7.13. The third kappa shape index (κ3) is 3.12. The zero-order valence-electron chi connectivity index (χ0n) is 18.2. The molecule has 3 aromatic heterocycles. The molecule has 34 heavy (non-hydrogen) atoms. The predicted octanol–water partition coefficient (Wildman–Crippen LogP) is 3.51. The first-order valence-electron chi connectivity index (χ1n) is 10.7. The Morgan fingerprint density at radius 3 is 2.79 bits per heavy atom. The van der Waals surface area contributed by atoms with Gasteiger partial charge in [-0.2, -0.15) is 0 Å². The second-order valence-electron chi connectivity index (χ2n) is 8.49. The van der Waals surface area contributed by atoms with Crippen molar-refractivity contribution in [2.24, 2.45) is 0 Å². The zero-order chi connectivity index (χ0) is 23.4. The van der Waals surface area contributed by atoms with Crippen molar-refractivity contribution in [3.05, 3.63) is 70.8 Å². The van der Waals surface area contributed by atoms with Crippen LogP contribution in [0.3, 0.4) is 0 Å². The first kappa shape index (κ1) is 20.6. The number of pyridine rings is 1. The van der Waals surface area contributed by atoms with Crippen molar-refractivity contribution >= 4 is 40.2 Å². The summed E-state index contributed by atoms with van der Waals surface area (Å²) in [5.41, 5.74) is 1.96. The van der Waals surface area contributed by atoms with Crippen molar-refractivity contribution in [3.63, 3.8) is 0 Å². The second kappa shape index (κ2) is 7.53. The average molecular weight is 474 g/mol. The molecule has 3 amide bonds. The van der Waals surface area contributed by atoms with Crippen LogP contribution in [0.15, 0.2) is 58.3 Å². The first-order valence-corrected chi connectivity index (χ1v) is 11.6. The molecular weight excluding hydrogens is 454 g/mol. The SMILES string of the molecule is COc1ccc2c(c1)C(=O)N(C[C@@]1(c3cc4nc(-c5cccs5)ccc4o3)CC(=O)NC1=O)C2. The number of aromatic nitrogens is 1. The van der Waals surface area contributed by atoms with Gasteiger partial charge in [-0.25, -0.2) is 4.98 Å². The van der Waals surface area contributed by atoms with Gasteiger partial charge in [-0.3, -0.25) is 19.7 Å². The van der Waals surface area contributed by atoms with Crippen LogP contribution in [0, 0.1) is 0 Å². The fourth-order valence-corrected chi connectivity index (χ4v) is 5.39. The number of hydrogen-bond acceptors (Lipinski definition) is 7. The molecule has 1 atom stereocenters. The molecule has 1 aromatic carbocycles. The second-order valence-corrected chi connectivity index (χ2v) is 9.44. The molecule has 1 N–H and O–H groups in total. The maximum atomic E-state index is 13.2. The van der Waals surface area contributed by atoms with Crippen molar-refractivity contribution in [1.82, 2.24) is 15.2 Å². The molecule has 9 heteroatoms. The molecule has 2 aliphatic heterocycles. The number of amides is 3. The number of rotatable bonds is 5. The van der Waals surface area contributed by atoms with Crippen molar-refractivity contribution < 1.29 is 23.5 Å². The highest BCUT2D eigenvalue weighted by Gasteiger charge is 2.53. The van der Waals surface area contributed by atoms with Gasteiger partial charge < -0.3 is 14.1 Å². The topological polar surface area (TPSA) is 102 Å². The number of nitrogens with one attached hydrogen (secondary N) is 1. The molecule has 4 aromatic rings. The Hall–Kier alpha value is -3.98. The Balaban J connectivity index is 1.39. The average Bonchev–Trinajstić information content (AvgIpc) is 3.61. The monoisotopic (exact) mass is 473 g/mol. The molecule has 1 fully saturated rings. The number of ether oxygens (including phenoxy) is 1. The summed E-state index contributed by atoms with van der Waals surface area (Å²) < 4.78 is 11.3. The van der Waals surface area contributed by atoms with E-state index in [-0.39, 0.29) is 18.9 Å². The third-order valence-corrected chi connectivity index (χ3v) is 7.32. The molecule has 170 valence electrons. The number of nitrogens with zero attached hydrogens (tertiary/aromatic N) is 2. The molecule has 2 aliphatic rings. The third-order valence-electron chi connectivity index (χ3n) is 6.43. The maximum absolute atomic E-state index is 13.2. The van der Waals surface area contributed by atoms with Crippen LogP contribution in [-0.4, -0.2) is 41.3 Å². The van der Waals surface area contributed by atoms with Crippen molar-refractivity contribution in [1.29, 1.82) is 0 Å². The Labute approximate surface area is 198 Å². The summed E-state index contributed by atoms with van der Waals surface area (Å²) in [5.74, 6) is -0.181. The minimum Gasteiger partial charge on any atom is -0.497 e. The van der Waals surface area contributed by atoms with Gasteiger partial charge in [0.05, 0.1) is 24.1 Å². The molecule has 0 unspecified atom stereocenters. The standard InChI is InChI=1S/C25H19N3O5S/c1-32-15-5-4-14-12-28(23(30)16(14)9-15)13-25(11-22(29)27-24(25)31)21-10-18-19(33-21)7-6-17(26-18)20-3-2-8-34-20/h2-10H,11-13H2,1H3,(H,27,29,31)/t25-/m1/s1. The molecule has 8 nitrogen and oxygen atoms in total. The molecule has 0 bridgehead atoms. The van der Waals surface area contributed by atoms with Crippen LogP contribution in [0.2, 0.25) is 0 Å². The van der Waals surface area contributed by atoms with Crippen LogP contribution < -0.4 is 10.1 Å². The van der Waals surface area contributed by atoms with E-state index in [0.717, 1.165) is 16.1 Å². The van der Waals surface area contributed by atoms with Gasteiger partial charge in [0.1, 0.15) is 22.4 Å². The van der Waals surface area contributed by atoms with Gasteiger partial charge in [-0.05, 0) is 41.3 Å². The number of imide groups is 1. The number of carbonyl (C=O) groups excluding carboxylic acids is 3. The van der Waals surface area contributed by atoms with Gasteiger partial charge in [-0.15, -0.1) is 11.3 Å². The number of carbonyl (C=O) groups is 3. The van der Waals surface area contributed by atoms with Crippen LogP contribution in [0.5, 0.6) is 5.75 Å². The van der Waals surface area contributed by atoms with Gasteiger partial charge in [-0.1, -0.05) is 12.1 Å². The first-order chi connectivity index (χ1) is 16.5. The van der Waals surface area contributed by atoms with E-state index in [9.17, 15) is 14.4 Å². The molecule has 1 saturated heterocycles. The summed E-state index contributed by atoms with van der Waals surface area (Å²) in [4.78, 5) is 45.9. The van der Waals surface area contributed by atoms with E-state index in [2.05, 4.69) is 10.3 Å². The van der Waals surface area contributed by atoms with Crippen LogP contribution in [0.4, 0.5) is 0 Å². The minimum absolute atomic E-state index is 0.0119. The lowest BCUT2D eigenvalue weighted by Gasteiger charge is -2.28. The molecule has 5 heterocycles. The molecule has 0 spiro atoms. The van der Waals surface area contributed by atoms with Gasteiger partial charge in [0.25, 0.3) is 5.91 Å². The van der Waals surface area contributed by atoms with Gasteiger partial charge in [0.15, 0.2) is 5.58 Å². The van der Waals surface area contributed by atoms with E-state index in [1.165, 1.54) is 0 Å². The number of hydrogen-bond donors (Lipinski definition) is 1. The lowest BCUT2D eigenvalue weighted by molar-refractivity contribution is -0.126. The summed E-state index contributed by atoms with van der Waals surface area (Å²) in [5, 5.41) is 4.38. The van der Waals surface area contributed by atoms with E-state index in [4.69, 9.17) is 9.15 Å². The van der Waals surface area contributed by atoms with E-state index in [1.807, 2.05) is 35.7 Å². The van der Waals surface area contributed by atoms with Crippen LogP contribution >= 0.6 is 11.3 Å². The summed E-state index contributed by atoms with van der Waals surface area (Å²) in [6.07, 6.45) is -0.104. The summed E-state index contributed by atoms with van der Waals surface area (Å²) >= 11 is 1.58. The Bertz CT molecular complexity index is 1480. The Morgan fingerprint density at radius 1 is 1.18 bits per heavy atom. The summed E-state index contributed by atoms with van der Waals surface area (Å²) in [6.45, 7) is 0.348. The number of benzene rings is 1. The zero-order valence-corrected chi connectivity index (χ0v) is 19.0. The van der Waals surface area contributed by atoms with Gasteiger partial charge in [0.2, 0.25) is 11.8 Å². The number of fused-ring (bicyclic) bond motifs is 2. The highest BCUT2D eigenvalue weighted by atomic mass is 32.1. The fourth-order valence-electron chi connectivity index (χ4n) is 4.69. The van der Waals surface area contributed by atoms with Crippen LogP contribution in [-0.2, 0) is 21.5 Å².